The molecule has 0 unspecified atom stereocenters. The zero-order chi connectivity index (χ0) is 14.4. The van der Waals surface area contributed by atoms with Crippen LogP contribution in [-0.2, 0) is 13.0 Å². The maximum absolute atomic E-state index is 13.3. The molecule has 0 aliphatic rings. The first-order valence-electron chi connectivity index (χ1n) is 6.73. The molecule has 0 spiro atoms. The van der Waals surface area contributed by atoms with Gasteiger partial charge in [-0.05, 0) is 47.9 Å². The van der Waals surface area contributed by atoms with E-state index in [1.807, 2.05) is 18.2 Å². The molecule has 102 valence electrons. The number of halogens is 1. The van der Waals surface area contributed by atoms with Crippen LogP contribution in [0.15, 0.2) is 42.5 Å². The van der Waals surface area contributed by atoms with Crippen LogP contribution in [0, 0.1) is 17.1 Å². The lowest BCUT2D eigenvalue weighted by Gasteiger charge is -2.08. The molecule has 1 N–H and O–H groups in total. The van der Waals surface area contributed by atoms with Crippen molar-refractivity contribution < 1.29 is 4.39 Å². The first-order valence-corrected chi connectivity index (χ1v) is 6.73. The van der Waals surface area contributed by atoms with Crippen LogP contribution in [0.5, 0.6) is 0 Å². The normalized spacial score (nSPS) is 10.1. The van der Waals surface area contributed by atoms with Gasteiger partial charge in [-0.15, -0.1) is 0 Å². The Morgan fingerprint density at radius 2 is 1.85 bits per heavy atom. The highest BCUT2D eigenvalue weighted by molar-refractivity contribution is 5.45. The molecule has 0 saturated carbocycles. The molecule has 0 atom stereocenters. The van der Waals surface area contributed by atoms with Crippen molar-refractivity contribution in [3.63, 3.8) is 0 Å². The van der Waals surface area contributed by atoms with Gasteiger partial charge in [0, 0.05) is 12.2 Å². The van der Waals surface area contributed by atoms with E-state index in [0.717, 1.165) is 24.1 Å². The minimum absolute atomic E-state index is 0.347. The summed E-state index contributed by atoms with van der Waals surface area (Å²) >= 11 is 0. The van der Waals surface area contributed by atoms with Crippen molar-refractivity contribution in [3.05, 3.63) is 65.0 Å². The highest BCUT2D eigenvalue weighted by Crippen LogP contribution is 2.14. The topological polar surface area (TPSA) is 35.8 Å². The molecule has 0 radical (unpaired) electrons. The summed E-state index contributed by atoms with van der Waals surface area (Å²) in [7, 11) is 0. The van der Waals surface area contributed by atoms with E-state index >= 15 is 0 Å². The smallest absolute Gasteiger partial charge is 0.124 e. The molecule has 20 heavy (non-hydrogen) atoms. The molecule has 0 bridgehead atoms. The van der Waals surface area contributed by atoms with E-state index in [-0.39, 0.29) is 5.82 Å². The maximum Gasteiger partial charge on any atom is 0.124 e. The van der Waals surface area contributed by atoms with Gasteiger partial charge in [-0.2, -0.15) is 5.26 Å². The van der Waals surface area contributed by atoms with E-state index in [1.165, 1.54) is 17.7 Å². The first-order chi connectivity index (χ1) is 9.71. The molecule has 2 aromatic carbocycles. The van der Waals surface area contributed by atoms with Crippen LogP contribution in [0.1, 0.15) is 30.0 Å². The summed E-state index contributed by atoms with van der Waals surface area (Å²) in [5, 5.41) is 12.0. The van der Waals surface area contributed by atoms with Gasteiger partial charge in [-0.1, -0.05) is 25.5 Å². The molecule has 0 aromatic heterocycles. The fourth-order valence-electron chi connectivity index (χ4n) is 2.10. The number of nitriles is 1. The lowest BCUT2D eigenvalue weighted by Crippen LogP contribution is -2.00. The number of aryl methyl sites for hydroxylation is 1. The molecule has 0 amide bonds. The Balaban J connectivity index is 2.01. The first kappa shape index (κ1) is 14.1. The van der Waals surface area contributed by atoms with Gasteiger partial charge in [0.25, 0.3) is 0 Å². The fraction of sp³-hybridized carbons (Fsp3) is 0.235. The molecular weight excluding hydrogens is 251 g/mol. The van der Waals surface area contributed by atoms with Crippen LogP contribution >= 0.6 is 0 Å². The molecule has 2 aromatic rings. The molecule has 3 heteroatoms. The van der Waals surface area contributed by atoms with Gasteiger partial charge in [-0.3, -0.25) is 0 Å². The number of nitrogens with zero attached hydrogens (tertiary/aromatic N) is 1. The Morgan fingerprint density at radius 1 is 1.10 bits per heavy atom. The molecule has 0 saturated heterocycles. The minimum Gasteiger partial charge on any atom is -0.381 e. The van der Waals surface area contributed by atoms with E-state index in [0.29, 0.717) is 12.1 Å². The highest BCUT2D eigenvalue weighted by Gasteiger charge is 2.01. The average Bonchev–Trinajstić information content (AvgIpc) is 2.46. The summed E-state index contributed by atoms with van der Waals surface area (Å²) < 4.78 is 13.3. The standard InChI is InChI=1S/C17H17FN2/c1-2-3-13-4-6-17(7-5-13)20-12-15-8-14(11-19)9-16(18)10-15/h4-10,20H,2-3,12H2,1H3. The van der Waals surface area contributed by atoms with E-state index in [4.69, 9.17) is 5.26 Å². The number of hydrogen-bond donors (Lipinski definition) is 1. The molecule has 0 aliphatic heterocycles. The number of hydrogen-bond acceptors (Lipinski definition) is 2. The van der Waals surface area contributed by atoms with Gasteiger partial charge in [-0.25, -0.2) is 4.39 Å². The molecule has 2 rings (SSSR count). The summed E-state index contributed by atoms with van der Waals surface area (Å²) in [5.41, 5.74) is 3.42. The van der Waals surface area contributed by atoms with Crippen LogP contribution in [0.25, 0.3) is 0 Å². The lowest BCUT2D eigenvalue weighted by molar-refractivity contribution is 0.625. The van der Waals surface area contributed by atoms with Crippen molar-refractivity contribution in [1.29, 1.82) is 5.26 Å². The van der Waals surface area contributed by atoms with E-state index in [9.17, 15) is 4.39 Å². The molecule has 2 nitrogen and oxygen atoms in total. The predicted molar refractivity (Wildman–Crippen MR) is 78.9 cm³/mol. The van der Waals surface area contributed by atoms with Crippen LogP contribution in [-0.4, -0.2) is 0 Å². The number of rotatable bonds is 5. The van der Waals surface area contributed by atoms with Gasteiger partial charge in [0.2, 0.25) is 0 Å². The summed E-state index contributed by atoms with van der Waals surface area (Å²) in [5.74, 6) is -0.376. The molecular formula is C17H17FN2. The van der Waals surface area contributed by atoms with E-state index in [2.05, 4.69) is 24.4 Å². The summed E-state index contributed by atoms with van der Waals surface area (Å²) in [6.45, 7) is 2.66. The SMILES string of the molecule is CCCc1ccc(NCc2cc(F)cc(C#N)c2)cc1. The van der Waals surface area contributed by atoms with Crippen LogP contribution in [0.2, 0.25) is 0 Å². The van der Waals surface area contributed by atoms with Gasteiger partial charge in [0.05, 0.1) is 11.6 Å². The Bertz CT molecular complexity index is 612. The number of benzene rings is 2. The van der Waals surface area contributed by atoms with E-state index in [1.54, 1.807) is 6.07 Å². The van der Waals surface area contributed by atoms with E-state index < -0.39 is 0 Å². The molecule has 0 fully saturated rings. The quantitative estimate of drug-likeness (QED) is 0.879. The van der Waals surface area contributed by atoms with Gasteiger partial charge >= 0.3 is 0 Å². The number of nitrogens with one attached hydrogen (secondary N) is 1. The van der Waals surface area contributed by atoms with Gasteiger partial charge in [0.1, 0.15) is 5.82 Å². The second-order valence-corrected chi connectivity index (χ2v) is 4.76. The third kappa shape index (κ3) is 3.83. The monoisotopic (exact) mass is 268 g/mol. The zero-order valence-corrected chi connectivity index (χ0v) is 11.5. The van der Waals surface area contributed by atoms with Crippen molar-refractivity contribution in [3.8, 4) is 6.07 Å². The zero-order valence-electron chi connectivity index (χ0n) is 11.5. The van der Waals surface area contributed by atoms with Crippen LogP contribution < -0.4 is 5.32 Å². The third-order valence-electron chi connectivity index (χ3n) is 3.08. The Kier molecular flexibility index (Phi) is 4.73. The summed E-state index contributed by atoms with van der Waals surface area (Å²) in [4.78, 5) is 0. The second kappa shape index (κ2) is 6.72. The summed E-state index contributed by atoms with van der Waals surface area (Å²) in [6, 6.07) is 14.6. The second-order valence-electron chi connectivity index (χ2n) is 4.76. The molecule has 0 aliphatic carbocycles. The summed E-state index contributed by atoms with van der Waals surface area (Å²) in [6.07, 6.45) is 2.21. The Morgan fingerprint density at radius 3 is 2.50 bits per heavy atom. The van der Waals surface area contributed by atoms with Crippen molar-refractivity contribution in [2.24, 2.45) is 0 Å². The van der Waals surface area contributed by atoms with Crippen molar-refractivity contribution in [1.82, 2.24) is 0 Å². The predicted octanol–water partition coefficient (Wildman–Crippen LogP) is 4.26. The minimum atomic E-state index is -0.376. The number of anilines is 1. The van der Waals surface area contributed by atoms with Crippen molar-refractivity contribution in [2.45, 2.75) is 26.3 Å². The van der Waals surface area contributed by atoms with Crippen LogP contribution in [0.4, 0.5) is 10.1 Å². The van der Waals surface area contributed by atoms with Gasteiger partial charge < -0.3 is 5.32 Å². The van der Waals surface area contributed by atoms with Crippen molar-refractivity contribution >= 4 is 5.69 Å². The molecule has 0 heterocycles. The van der Waals surface area contributed by atoms with Gasteiger partial charge in [0.15, 0.2) is 0 Å². The largest absolute Gasteiger partial charge is 0.381 e. The average molecular weight is 268 g/mol. The van der Waals surface area contributed by atoms with Crippen LogP contribution in [0.3, 0.4) is 0 Å². The highest BCUT2D eigenvalue weighted by atomic mass is 19.1. The maximum atomic E-state index is 13.3. The fourth-order valence-corrected chi connectivity index (χ4v) is 2.10. The Hall–Kier alpha value is -2.34. The lowest BCUT2D eigenvalue weighted by atomic mass is 10.1. The Labute approximate surface area is 118 Å². The van der Waals surface area contributed by atoms with Crippen molar-refractivity contribution in [2.75, 3.05) is 5.32 Å². The third-order valence-corrected chi connectivity index (χ3v) is 3.08.